The molecule has 8 nitrogen and oxygen atoms in total. The monoisotopic (exact) mass is 370 g/mol. The summed E-state index contributed by atoms with van der Waals surface area (Å²) in [5.74, 6) is 0.403. The second-order valence-corrected chi connectivity index (χ2v) is 6.23. The average Bonchev–Trinajstić information content (AvgIpc) is 2.47. The maximum atomic E-state index is 11.7. The molecule has 0 bridgehead atoms. The number of rotatable bonds is 5. The third-order valence-electron chi connectivity index (χ3n) is 2.73. The first-order valence-corrected chi connectivity index (χ1v) is 7.78. The van der Waals surface area contributed by atoms with Crippen LogP contribution in [0.3, 0.4) is 0 Å². The van der Waals surface area contributed by atoms with Gasteiger partial charge in [-0.05, 0) is 24.3 Å². The van der Waals surface area contributed by atoms with E-state index in [1.165, 1.54) is 24.3 Å². The van der Waals surface area contributed by atoms with Gasteiger partial charge in [-0.2, -0.15) is 8.42 Å². The van der Waals surface area contributed by atoms with E-state index in [0.717, 1.165) is 11.1 Å². The number of ether oxygens (including phenoxy) is 1. The first kappa shape index (κ1) is 19.9. The van der Waals surface area contributed by atoms with E-state index >= 15 is 0 Å². The van der Waals surface area contributed by atoms with Crippen LogP contribution in [-0.4, -0.2) is 71.8 Å². The van der Waals surface area contributed by atoms with Crippen LogP contribution in [0.5, 0.6) is 5.75 Å². The Morgan fingerprint density at radius 2 is 1.96 bits per heavy atom. The summed E-state index contributed by atoms with van der Waals surface area (Å²) in [5.41, 5.74) is 0.474. The van der Waals surface area contributed by atoms with E-state index in [2.05, 4.69) is 0 Å². The van der Waals surface area contributed by atoms with E-state index in [-0.39, 0.29) is 41.3 Å². The predicted octanol–water partition coefficient (Wildman–Crippen LogP) is 0.506. The summed E-state index contributed by atoms with van der Waals surface area (Å²) in [4.78, 5) is 23.2. The maximum absolute atomic E-state index is 11.7. The van der Waals surface area contributed by atoms with Gasteiger partial charge in [-0.15, -0.1) is 0 Å². The number of benzene rings is 1. The molecule has 120 valence electrons. The number of nitrogens with zero attached hydrogens (tertiary/aromatic N) is 1. The van der Waals surface area contributed by atoms with Crippen molar-refractivity contribution >= 4 is 63.6 Å². The van der Waals surface area contributed by atoms with Crippen LogP contribution in [0.2, 0.25) is 0 Å². The number of nitrogens with one attached hydrogen (secondary N) is 1. The van der Waals surface area contributed by atoms with E-state index in [1.807, 2.05) is 5.32 Å². The fourth-order valence-corrected chi connectivity index (χ4v) is 2.74. The second-order valence-electron chi connectivity index (χ2n) is 4.29. The zero-order chi connectivity index (χ0) is 16.3. The summed E-state index contributed by atoms with van der Waals surface area (Å²) in [6.45, 7) is -0.235. The number of amides is 2. The summed E-state index contributed by atoms with van der Waals surface area (Å²) in [7, 11) is -4.54. The average molecular weight is 371 g/mol. The minimum absolute atomic E-state index is 0. The van der Waals surface area contributed by atoms with E-state index in [4.69, 9.17) is 20.9 Å². The molecular formula is C12H12ClN2NaO6S. The Balaban J connectivity index is 0.00000264. The standard InChI is InChI=1S/C12H11ClN2O6S.Na.H/c13-10-5-15(12(17)14-11(10)22(18,19)20)7-21-9-3-1-8(6-16)2-4-9;;/h1-6,11H,7H2,(H,14,17)(H,18,19,20);;. The van der Waals surface area contributed by atoms with Gasteiger partial charge in [-0.3, -0.25) is 14.2 Å². The van der Waals surface area contributed by atoms with Crippen LogP contribution in [0, 0.1) is 0 Å². The first-order valence-electron chi connectivity index (χ1n) is 5.90. The van der Waals surface area contributed by atoms with Crippen molar-refractivity contribution in [1.29, 1.82) is 0 Å². The molecule has 1 aromatic rings. The van der Waals surface area contributed by atoms with Gasteiger partial charge in [0.25, 0.3) is 10.1 Å². The van der Waals surface area contributed by atoms with Crippen LogP contribution in [0.1, 0.15) is 10.4 Å². The molecule has 1 aliphatic heterocycles. The third-order valence-corrected chi connectivity index (χ3v) is 4.14. The summed E-state index contributed by atoms with van der Waals surface area (Å²) in [6.07, 6.45) is 1.73. The Morgan fingerprint density at radius 1 is 1.35 bits per heavy atom. The Bertz CT molecular complexity index is 722. The molecule has 2 N–H and O–H groups in total. The third kappa shape index (κ3) is 5.20. The molecule has 2 amide bonds. The molecule has 1 heterocycles. The van der Waals surface area contributed by atoms with Gasteiger partial charge in [0, 0.05) is 11.8 Å². The number of hydrogen-bond donors (Lipinski definition) is 2. The molecule has 0 saturated heterocycles. The summed E-state index contributed by atoms with van der Waals surface area (Å²) < 4.78 is 36.3. The van der Waals surface area contributed by atoms with Gasteiger partial charge in [0.2, 0.25) is 0 Å². The molecule has 0 saturated carbocycles. The predicted molar refractivity (Wildman–Crippen MR) is 84.1 cm³/mol. The van der Waals surface area contributed by atoms with Crippen molar-refractivity contribution in [2.75, 3.05) is 6.73 Å². The van der Waals surface area contributed by atoms with Crippen molar-refractivity contribution in [1.82, 2.24) is 10.2 Å². The molecule has 1 atom stereocenters. The molecule has 1 unspecified atom stereocenters. The van der Waals surface area contributed by atoms with Gasteiger partial charge >= 0.3 is 35.6 Å². The zero-order valence-electron chi connectivity index (χ0n) is 11.0. The van der Waals surface area contributed by atoms with Crippen molar-refractivity contribution in [3.8, 4) is 5.75 Å². The molecule has 0 radical (unpaired) electrons. The van der Waals surface area contributed by atoms with E-state index in [9.17, 15) is 18.0 Å². The normalized spacial score (nSPS) is 17.7. The molecule has 2 rings (SSSR count). The van der Waals surface area contributed by atoms with Crippen LogP contribution >= 0.6 is 11.6 Å². The van der Waals surface area contributed by atoms with E-state index < -0.39 is 21.5 Å². The van der Waals surface area contributed by atoms with Crippen molar-refractivity contribution in [3.63, 3.8) is 0 Å². The van der Waals surface area contributed by atoms with Gasteiger partial charge in [0.05, 0.1) is 5.03 Å². The van der Waals surface area contributed by atoms with Gasteiger partial charge in [-0.1, -0.05) is 11.6 Å². The Kier molecular flexibility index (Phi) is 7.05. The Hall–Kier alpha value is -1.10. The minimum atomic E-state index is -4.54. The molecule has 0 aliphatic carbocycles. The van der Waals surface area contributed by atoms with Gasteiger partial charge in [0.1, 0.15) is 12.0 Å². The molecule has 1 aromatic carbocycles. The second kappa shape index (κ2) is 8.13. The van der Waals surface area contributed by atoms with Gasteiger partial charge in [-0.25, -0.2) is 4.79 Å². The topological polar surface area (TPSA) is 113 Å². The Labute approximate surface area is 159 Å². The molecule has 1 aliphatic rings. The van der Waals surface area contributed by atoms with Crippen molar-refractivity contribution in [2.45, 2.75) is 5.37 Å². The summed E-state index contributed by atoms with van der Waals surface area (Å²) in [5, 5.41) is 0.0672. The fourth-order valence-electron chi connectivity index (χ4n) is 1.64. The summed E-state index contributed by atoms with van der Waals surface area (Å²) in [6, 6.07) is 5.36. The molecule has 0 fully saturated rings. The molecule has 11 heteroatoms. The van der Waals surface area contributed by atoms with Crippen molar-refractivity contribution < 1.29 is 27.3 Å². The number of carbonyl (C=O) groups is 2. The Morgan fingerprint density at radius 3 is 2.48 bits per heavy atom. The van der Waals surface area contributed by atoms with Gasteiger partial charge in [0.15, 0.2) is 12.1 Å². The van der Waals surface area contributed by atoms with Crippen molar-refractivity contribution in [2.24, 2.45) is 0 Å². The summed E-state index contributed by atoms with van der Waals surface area (Å²) >= 11 is 5.72. The number of aldehydes is 1. The number of hydrogen-bond acceptors (Lipinski definition) is 5. The number of carbonyl (C=O) groups excluding carboxylic acids is 2. The zero-order valence-corrected chi connectivity index (χ0v) is 12.5. The molecule has 0 aromatic heterocycles. The fraction of sp³-hybridized carbons (Fsp3) is 0.167. The van der Waals surface area contributed by atoms with E-state index in [1.54, 1.807) is 0 Å². The van der Waals surface area contributed by atoms with Crippen LogP contribution in [0.4, 0.5) is 4.79 Å². The molecule has 23 heavy (non-hydrogen) atoms. The van der Waals surface area contributed by atoms with Crippen molar-refractivity contribution in [3.05, 3.63) is 41.1 Å². The quantitative estimate of drug-likeness (QED) is 0.443. The number of urea groups is 1. The van der Waals surface area contributed by atoms with Gasteiger partial charge < -0.3 is 10.1 Å². The van der Waals surface area contributed by atoms with Crippen LogP contribution < -0.4 is 10.1 Å². The van der Waals surface area contributed by atoms with Crippen LogP contribution in [-0.2, 0) is 10.1 Å². The molecular weight excluding hydrogens is 359 g/mol. The first-order chi connectivity index (χ1) is 10.3. The number of halogens is 1. The van der Waals surface area contributed by atoms with Crippen LogP contribution in [0.15, 0.2) is 35.5 Å². The van der Waals surface area contributed by atoms with E-state index in [0.29, 0.717) is 17.6 Å². The van der Waals surface area contributed by atoms with Crippen LogP contribution in [0.25, 0.3) is 0 Å². The SMILES string of the molecule is O=Cc1ccc(OCN2C=C(Cl)C(S(=O)(=O)O)NC2=O)cc1.[NaH]. The molecule has 0 spiro atoms.